The van der Waals surface area contributed by atoms with Gasteiger partial charge in [-0.1, -0.05) is 19.3 Å². The molecule has 2 aromatic rings. The number of aromatic nitrogens is 2. The van der Waals surface area contributed by atoms with E-state index in [9.17, 15) is 0 Å². The number of thiazole rings is 1. The molecule has 110 valence electrons. The number of pyridine rings is 1. The summed E-state index contributed by atoms with van der Waals surface area (Å²) in [6.45, 7) is 2.07. The molecule has 0 spiro atoms. The molecule has 2 heterocycles. The van der Waals surface area contributed by atoms with E-state index in [-0.39, 0.29) is 0 Å². The van der Waals surface area contributed by atoms with E-state index in [4.69, 9.17) is 4.99 Å². The van der Waals surface area contributed by atoms with E-state index in [1.54, 1.807) is 23.7 Å². The summed E-state index contributed by atoms with van der Waals surface area (Å²) in [5.74, 6) is 0. The Morgan fingerprint density at radius 1 is 1.24 bits per heavy atom. The molecule has 1 fully saturated rings. The van der Waals surface area contributed by atoms with Crippen molar-refractivity contribution in [2.24, 2.45) is 10.1 Å². The van der Waals surface area contributed by atoms with E-state index in [0.717, 1.165) is 16.1 Å². The fraction of sp³-hybridized carbons (Fsp3) is 0.438. The van der Waals surface area contributed by atoms with Gasteiger partial charge in [0.15, 0.2) is 0 Å². The first-order valence-corrected chi connectivity index (χ1v) is 8.36. The van der Waals surface area contributed by atoms with Crippen molar-refractivity contribution in [3.8, 4) is 0 Å². The molecule has 21 heavy (non-hydrogen) atoms. The molecule has 0 N–H and O–H groups in total. The Morgan fingerprint density at radius 2 is 2.00 bits per heavy atom. The summed E-state index contributed by atoms with van der Waals surface area (Å²) < 4.78 is 1.94. The van der Waals surface area contributed by atoms with Crippen LogP contribution in [0.4, 0.5) is 0 Å². The molecule has 4 nitrogen and oxygen atoms in total. The second-order valence-corrected chi connectivity index (χ2v) is 6.25. The summed E-state index contributed by atoms with van der Waals surface area (Å²) in [5, 5.41) is 6.70. The van der Waals surface area contributed by atoms with Crippen LogP contribution in [0.2, 0.25) is 0 Å². The van der Waals surface area contributed by atoms with Crippen molar-refractivity contribution in [3.63, 3.8) is 0 Å². The Hall–Kier alpha value is -1.75. The first-order valence-electron chi connectivity index (χ1n) is 7.48. The minimum Gasteiger partial charge on any atom is -0.265 e. The number of hydrogen-bond donors (Lipinski definition) is 0. The van der Waals surface area contributed by atoms with Gasteiger partial charge in [0.05, 0.1) is 18.0 Å². The van der Waals surface area contributed by atoms with Crippen LogP contribution in [-0.2, 0) is 0 Å². The molecule has 0 aliphatic heterocycles. The van der Waals surface area contributed by atoms with Gasteiger partial charge in [-0.05, 0) is 37.5 Å². The third kappa shape index (κ3) is 3.67. The standard InChI is InChI=1S/C16H20N4S/c1-13-12-21-16(19-15-5-3-2-4-6-15)20(13)18-11-14-7-9-17-10-8-14/h7-12,15H,2-6H2,1H3. The van der Waals surface area contributed by atoms with Crippen LogP contribution < -0.4 is 4.80 Å². The van der Waals surface area contributed by atoms with Crippen LogP contribution in [0.1, 0.15) is 43.4 Å². The average molecular weight is 300 g/mol. The largest absolute Gasteiger partial charge is 0.265 e. The van der Waals surface area contributed by atoms with Crippen molar-refractivity contribution in [3.05, 3.63) is 46.0 Å². The highest BCUT2D eigenvalue weighted by Gasteiger charge is 2.12. The maximum absolute atomic E-state index is 4.91. The quantitative estimate of drug-likeness (QED) is 0.801. The fourth-order valence-corrected chi connectivity index (χ4v) is 3.43. The van der Waals surface area contributed by atoms with Crippen LogP contribution in [-0.4, -0.2) is 21.9 Å². The van der Waals surface area contributed by atoms with Crippen LogP contribution in [0.5, 0.6) is 0 Å². The van der Waals surface area contributed by atoms with Gasteiger partial charge < -0.3 is 0 Å². The highest BCUT2D eigenvalue weighted by molar-refractivity contribution is 7.07. The van der Waals surface area contributed by atoms with Gasteiger partial charge in [0.2, 0.25) is 4.80 Å². The number of aryl methyl sites for hydroxylation is 1. The summed E-state index contributed by atoms with van der Waals surface area (Å²) in [6.07, 6.45) is 11.8. The molecule has 1 saturated carbocycles. The van der Waals surface area contributed by atoms with Crippen LogP contribution in [0.25, 0.3) is 0 Å². The lowest BCUT2D eigenvalue weighted by Crippen LogP contribution is -2.19. The molecule has 0 radical (unpaired) electrons. The Morgan fingerprint density at radius 3 is 2.76 bits per heavy atom. The lowest BCUT2D eigenvalue weighted by molar-refractivity contribution is 0.435. The molecule has 1 aliphatic carbocycles. The molecule has 0 amide bonds. The zero-order valence-corrected chi connectivity index (χ0v) is 13.1. The first kappa shape index (κ1) is 14.2. The molecule has 0 saturated heterocycles. The molecule has 5 heteroatoms. The lowest BCUT2D eigenvalue weighted by atomic mass is 9.96. The van der Waals surface area contributed by atoms with Crippen LogP contribution >= 0.6 is 11.3 Å². The second-order valence-electron chi connectivity index (χ2n) is 5.42. The summed E-state index contributed by atoms with van der Waals surface area (Å²) in [5.41, 5.74) is 2.17. The summed E-state index contributed by atoms with van der Waals surface area (Å²) >= 11 is 1.68. The molecule has 1 aliphatic rings. The van der Waals surface area contributed by atoms with E-state index < -0.39 is 0 Å². The van der Waals surface area contributed by atoms with Gasteiger partial charge in [-0.2, -0.15) is 5.10 Å². The highest BCUT2D eigenvalue weighted by Crippen LogP contribution is 2.19. The van der Waals surface area contributed by atoms with E-state index >= 15 is 0 Å². The Bertz CT molecular complexity index is 663. The number of rotatable bonds is 3. The third-order valence-electron chi connectivity index (χ3n) is 3.75. The van der Waals surface area contributed by atoms with Crippen molar-refractivity contribution in [2.45, 2.75) is 45.1 Å². The lowest BCUT2D eigenvalue weighted by Gasteiger charge is -2.16. The second kappa shape index (κ2) is 6.80. The molecule has 0 aromatic carbocycles. The number of hydrogen-bond acceptors (Lipinski definition) is 4. The highest BCUT2D eigenvalue weighted by atomic mass is 32.1. The van der Waals surface area contributed by atoms with Crippen molar-refractivity contribution < 1.29 is 0 Å². The van der Waals surface area contributed by atoms with E-state index in [2.05, 4.69) is 22.4 Å². The van der Waals surface area contributed by atoms with E-state index in [0.29, 0.717) is 6.04 Å². The van der Waals surface area contributed by atoms with Gasteiger partial charge in [-0.15, -0.1) is 11.3 Å². The predicted octanol–water partition coefficient (Wildman–Crippen LogP) is 3.37. The molecule has 0 atom stereocenters. The maximum atomic E-state index is 4.91. The Balaban J connectivity index is 1.86. The Kier molecular flexibility index (Phi) is 4.60. The van der Waals surface area contributed by atoms with Gasteiger partial charge in [0, 0.05) is 17.8 Å². The van der Waals surface area contributed by atoms with Gasteiger partial charge >= 0.3 is 0 Å². The molecule has 0 bridgehead atoms. The normalized spacial score (nSPS) is 17.7. The predicted molar refractivity (Wildman–Crippen MR) is 86.7 cm³/mol. The van der Waals surface area contributed by atoms with Crippen LogP contribution in [0.3, 0.4) is 0 Å². The van der Waals surface area contributed by atoms with Gasteiger partial charge in [0.1, 0.15) is 0 Å². The zero-order valence-electron chi connectivity index (χ0n) is 12.3. The van der Waals surface area contributed by atoms with E-state index in [1.807, 2.05) is 23.0 Å². The first-order chi connectivity index (χ1) is 10.3. The molecule has 0 unspecified atom stereocenters. The Labute approximate surface area is 128 Å². The monoisotopic (exact) mass is 300 g/mol. The molecular weight excluding hydrogens is 280 g/mol. The average Bonchev–Trinajstić information content (AvgIpc) is 2.87. The topological polar surface area (TPSA) is 42.5 Å². The molecule has 2 aromatic heterocycles. The summed E-state index contributed by atoms with van der Waals surface area (Å²) in [4.78, 5) is 9.93. The van der Waals surface area contributed by atoms with Gasteiger partial charge in [0.25, 0.3) is 0 Å². The molecule has 3 rings (SSSR count). The summed E-state index contributed by atoms with van der Waals surface area (Å²) in [7, 11) is 0. The minimum atomic E-state index is 0.471. The smallest absolute Gasteiger partial charge is 0.206 e. The zero-order chi connectivity index (χ0) is 14.5. The van der Waals surface area contributed by atoms with Crippen molar-refractivity contribution in [1.29, 1.82) is 0 Å². The van der Waals surface area contributed by atoms with Gasteiger partial charge in [-0.25, -0.2) is 4.68 Å². The maximum Gasteiger partial charge on any atom is 0.206 e. The van der Waals surface area contributed by atoms with Crippen molar-refractivity contribution in [2.75, 3.05) is 0 Å². The van der Waals surface area contributed by atoms with E-state index in [1.165, 1.54) is 32.1 Å². The number of nitrogens with zero attached hydrogens (tertiary/aromatic N) is 4. The molecular formula is C16H20N4S. The SMILES string of the molecule is Cc1csc(=NC2CCCCC2)n1N=Cc1ccncc1. The minimum absolute atomic E-state index is 0.471. The van der Waals surface area contributed by atoms with Crippen molar-refractivity contribution >= 4 is 17.6 Å². The van der Waals surface area contributed by atoms with Crippen molar-refractivity contribution in [1.82, 2.24) is 9.66 Å². The van der Waals surface area contributed by atoms with Gasteiger partial charge in [-0.3, -0.25) is 9.98 Å². The van der Waals surface area contributed by atoms with Crippen LogP contribution in [0, 0.1) is 6.92 Å². The third-order valence-corrected chi connectivity index (χ3v) is 4.69. The van der Waals surface area contributed by atoms with Crippen LogP contribution in [0.15, 0.2) is 40.0 Å². The summed E-state index contributed by atoms with van der Waals surface area (Å²) in [6, 6.07) is 4.37. The fourth-order valence-electron chi connectivity index (χ4n) is 2.55.